The van der Waals surface area contributed by atoms with E-state index in [-0.39, 0.29) is 0 Å². The molecule has 82 valence electrons. The van der Waals surface area contributed by atoms with E-state index >= 15 is 0 Å². The Kier molecular flexibility index (Phi) is 5.19. The molecule has 0 N–H and O–H groups in total. The van der Waals surface area contributed by atoms with Crippen LogP contribution in [0.1, 0.15) is 36.5 Å². The molecule has 0 spiro atoms. The fraction of sp³-hybridized carbons (Fsp3) is 0.417. The Bertz CT molecular complexity index is 323. The van der Waals surface area contributed by atoms with Crippen molar-refractivity contribution in [2.45, 2.75) is 26.2 Å². The number of para-hydroxylation sites is 1. The maximum absolute atomic E-state index is 10.7. The van der Waals surface area contributed by atoms with Gasteiger partial charge in [-0.2, -0.15) is 0 Å². The van der Waals surface area contributed by atoms with Gasteiger partial charge in [0.25, 0.3) is 0 Å². The Hall–Kier alpha value is -1.02. The van der Waals surface area contributed by atoms with E-state index in [9.17, 15) is 4.79 Å². The zero-order chi connectivity index (χ0) is 11.1. The summed E-state index contributed by atoms with van der Waals surface area (Å²) in [6, 6.07) is 5.17. The van der Waals surface area contributed by atoms with Gasteiger partial charge >= 0.3 is 0 Å². The molecule has 0 aliphatic rings. The summed E-state index contributed by atoms with van der Waals surface area (Å²) in [5.41, 5.74) is 0.513. The van der Waals surface area contributed by atoms with Crippen molar-refractivity contribution in [2.24, 2.45) is 0 Å². The van der Waals surface area contributed by atoms with Crippen LogP contribution in [0.5, 0.6) is 5.75 Å². The number of halogens is 1. The quantitative estimate of drug-likeness (QED) is 0.546. The fourth-order valence-electron chi connectivity index (χ4n) is 1.30. The van der Waals surface area contributed by atoms with E-state index in [0.29, 0.717) is 22.9 Å². The van der Waals surface area contributed by atoms with Gasteiger partial charge in [0, 0.05) is 0 Å². The fourth-order valence-corrected chi connectivity index (χ4v) is 1.53. The van der Waals surface area contributed by atoms with Crippen LogP contribution in [0.4, 0.5) is 0 Å². The van der Waals surface area contributed by atoms with E-state index in [1.807, 2.05) is 0 Å². The van der Waals surface area contributed by atoms with Gasteiger partial charge in [-0.3, -0.25) is 4.79 Å². The molecule has 0 fully saturated rings. The zero-order valence-corrected chi connectivity index (χ0v) is 9.59. The van der Waals surface area contributed by atoms with Gasteiger partial charge in [-0.05, 0) is 18.6 Å². The number of carbonyl (C=O) groups is 1. The number of rotatable bonds is 6. The smallest absolute Gasteiger partial charge is 0.153 e. The van der Waals surface area contributed by atoms with Gasteiger partial charge in [0.2, 0.25) is 0 Å². The van der Waals surface area contributed by atoms with Gasteiger partial charge in [0.1, 0.15) is 5.75 Å². The Morgan fingerprint density at radius 3 is 2.87 bits per heavy atom. The Labute approximate surface area is 95.2 Å². The maximum atomic E-state index is 10.7. The molecule has 0 atom stereocenters. The number of hydrogen-bond donors (Lipinski definition) is 0. The maximum Gasteiger partial charge on any atom is 0.153 e. The van der Waals surface area contributed by atoms with Gasteiger partial charge < -0.3 is 4.74 Å². The van der Waals surface area contributed by atoms with Crippen LogP contribution in [0.25, 0.3) is 0 Å². The lowest BCUT2D eigenvalue weighted by atomic mass is 10.2. The van der Waals surface area contributed by atoms with Gasteiger partial charge in [-0.1, -0.05) is 37.4 Å². The second-order valence-corrected chi connectivity index (χ2v) is 3.74. The van der Waals surface area contributed by atoms with E-state index in [1.165, 1.54) is 0 Å². The number of hydrogen-bond acceptors (Lipinski definition) is 2. The van der Waals surface area contributed by atoms with Crippen LogP contribution in [0.2, 0.25) is 5.02 Å². The summed E-state index contributed by atoms with van der Waals surface area (Å²) in [5, 5.41) is 0.496. The molecule has 0 heterocycles. The van der Waals surface area contributed by atoms with Gasteiger partial charge in [-0.25, -0.2) is 0 Å². The average molecular weight is 227 g/mol. The van der Waals surface area contributed by atoms with E-state index in [0.717, 1.165) is 25.5 Å². The molecule has 0 unspecified atom stereocenters. The standard InChI is InChI=1S/C12H15ClO2/c1-2-3-4-8-15-12-10(9-14)6-5-7-11(12)13/h5-7,9H,2-4,8H2,1H3. The molecule has 0 amide bonds. The SMILES string of the molecule is CCCCCOc1c(Cl)cccc1C=O. The van der Waals surface area contributed by atoms with Crippen molar-refractivity contribution in [1.82, 2.24) is 0 Å². The molecule has 0 radical (unpaired) electrons. The van der Waals surface area contributed by atoms with Crippen LogP contribution in [0, 0.1) is 0 Å². The first kappa shape index (κ1) is 12.1. The van der Waals surface area contributed by atoms with E-state index in [4.69, 9.17) is 16.3 Å². The van der Waals surface area contributed by atoms with Crippen LogP contribution < -0.4 is 4.74 Å². The highest BCUT2D eigenvalue weighted by Gasteiger charge is 2.06. The monoisotopic (exact) mass is 226 g/mol. The van der Waals surface area contributed by atoms with Crippen LogP contribution in [-0.4, -0.2) is 12.9 Å². The van der Waals surface area contributed by atoms with E-state index < -0.39 is 0 Å². The number of ether oxygens (including phenoxy) is 1. The minimum absolute atomic E-state index is 0.496. The van der Waals surface area contributed by atoms with E-state index in [2.05, 4.69) is 6.92 Å². The second-order valence-electron chi connectivity index (χ2n) is 3.33. The predicted octanol–water partition coefficient (Wildman–Crippen LogP) is 3.72. The molecule has 0 aromatic heterocycles. The van der Waals surface area contributed by atoms with Crippen LogP contribution in [0.15, 0.2) is 18.2 Å². The molecule has 0 saturated heterocycles. The van der Waals surface area contributed by atoms with Gasteiger partial charge in [0.15, 0.2) is 6.29 Å². The van der Waals surface area contributed by atoms with Crippen LogP contribution >= 0.6 is 11.6 Å². The third-order valence-electron chi connectivity index (χ3n) is 2.12. The van der Waals surface area contributed by atoms with Crippen molar-refractivity contribution in [3.8, 4) is 5.75 Å². The van der Waals surface area contributed by atoms with Gasteiger partial charge in [-0.15, -0.1) is 0 Å². The Balaban J connectivity index is 2.62. The predicted molar refractivity (Wildman–Crippen MR) is 61.9 cm³/mol. The lowest BCUT2D eigenvalue weighted by Gasteiger charge is -2.09. The molecule has 0 bridgehead atoms. The molecule has 15 heavy (non-hydrogen) atoms. The topological polar surface area (TPSA) is 26.3 Å². The summed E-state index contributed by atoms with van der Waals surface area (Å²) < 4.78 is 5.50. The molecule has 3 heteroatoms. The highest BCUT2D eigenvalue weighted by atomic mass is 35.5. The highest BCUT2D eigenvalue weighted by Crippen LogP contribution is 2.27. The number of benzene rings is 1. The van der Waals surface area contributed by atoms with Crippen LogP contribution in [-0.2, 0) is 0 Å². The molecule has 1 rings (SSSR count). The molecule has 1 aromatic rings. The summed E-state index contributed by atoms with van der Waals surface area (Å²) in [7, 11) is 0. The van der Waals surface area contributed by atoms with Crippen molar-refractivity contribution >= 4 is 17.9 Å². The van der Waals surface area contributed by atoms with Crippen molar-refractivity contribution in [3.63, 3.8) is 0 Å². The third-order valence-corrected chi connectivity index (χ3v) is 2.42. The molecular formula is C12H15ClO2. The number of unbranched alkanes of at least 4 members (excludes halogenated alkanes) is 2. The first-order valence-electron chi connectivity index (χ1n) is 5.16. The Morgan fingerprint density at radius 1 is 1.40 bits per heavy atom. The van der Waals surface area contributed by atoms with Crippen molar-refractivity contribution < 1.29 is 9.53 Å². The lowest BCUT2D eigenvalue weighted by Crippen LogP contribution is -2.00. The summed E-state index contributed by atoms with van der Waals surface area (Å²) in [6.45, 7) is 2.74. The second kappa shape index (κ2) is 6.46. The molecule has 2 nitrogen and oxygen atoms in total. The van der Waals surface area contributed by atoms with E-state index in [1.54, 1.807) is 18.2 Å². The minimum atomic E-state index is 0.496. The first-order chi connectivity index (χ1) is 7.29. The summed E-state index contributed by atoms with van der Waals surface area (Å²) in [6.07, 6.45) is 4.02. The summed E-state index contributed by atoms with van der Waals surface area (Å²) in [4.78, 5) is 10.7. The summed E-state index contributed by atoms with van der Waals surface area (Å²) >= 11 is 5.94. The first-order valence-corrected chi connectivity index (χ1v) is 5.54. The van der Waals surface area contributed by atoms with Gasteiger partial charge in [0.05, 0.1) is 17.2 Å². The molecule has 0 saturated carbocycles. The average Bonchev–Trinajstić information content (AvgIpc) is 2.26. The Morgan fingerprint density at radius 2 is 2.20 bits per heavy atom. The molecule has 0 aliphatic carbocycles. The number of aldehydes is 1. The normalized spacial score (nSPS) is 10.0. The molecule has 0 aliphatic heterocycles. The van der Waals surface area contributed by atoms with Crippen LogP contribution in [0.3, 0.4) is 0 Å². The highest BCUT2D eigenvalue weighted by molar-refractivity contribution is 6.32. The zero-order valence-electron chi connectivity index (χ0n) is 8.83. The molecule has 1 aromatic carbocycles. The number of carbonyl (C=O) groups excluding carboxylic acids is 1. The van der Waals surface area contributed by atoms with Crippen molar-refractivity contribution in [1.29, 1.82) is 0 Å². The largest absolute Gasteiger partial charge is 0.491 e. The van der Waals surface area contributed by atoms with Crippen molar-refractivity contribution in [3.05, 3.63) is 28.8 Å². The van der Waals surface area contributed by atoms with Crippen molar-refractivity contribution in [2.75, 3.05) is 6.61 Å². The molecular weight excluding hydrogens is 212 g/mol. The summed E-state index contributed by atoms with van der Waals surface area (Å²) in [5.74, 6) is 0.505. The lowest BCUT2D eigenvalue weighted by molar-refractivity contribution is 0.111. The minimum Gasteiger partial charge on any atom is -0.491 e. The third kappa shape index (κ3) is 3.56.